The highest BCUT2D eigenvalue weighted by Gasteiger charge is 2.20. The van der Waals surface area contributed by atoms with Gasteiger partial charge in [-0.2, -0.15) is 10.1 Å². The lowest BCUT2D eigenvalue weighted by molar-refractivity contribution is 0.430. The first kappa shape index (κ1) is 14.0. The maximum absolute atomic E-state index is 5.31. The lowest BCUT2D eigenvalue weighted by Gasteiger charge is -2.19. The van der Waals surface area contributed by atoms with Crippen LogP contribution in [0.4, 0.5) is 0 Å². The van der Waals surface area contributed by atoms with Crippen LogP contribution in [-0.4, -0.2) is 30.3 Å². The maximum Gasteiger partial charge on any atom is 0.278 e. The van der Waals surface area contributed by atoms with Gasteiger partial charge in [-0.3, -0.25) is 5.10 Å². The van der Waals surface area contributed by atoms with E-state index in [2.05, 4.69) is 30.3 Å². The van der Waals surface area contributed by atoms with Crippen LogP contribution in [0, 0.1) is 6.92 Å². The van der Waals surface area contributed by atoms with Crippen molar-refractivity contribution in [1.82, 2.24) is 30.3 Å². The molecule has 3 heterocycles. The van der Waals surface area contributed by atoms with E-state index < -0.39 is 0 Å². The third-order valence-electron chi connectivity index (χ3n) is 4.27. The molecule has 7 heteroatoms. The third kappa shape index (κ3) is 2.86. The Balaban J connectivity index is 1.57. The van der Waals surface area contributed by atoms with Crippen molar-refractivity contribution in [3.05, 3.63) is 29.7 Å². The molecule has 3 aromatic heterocycles. The van der Waals surface area contributed by atoms with Crippen LogP contribution in [0.3, 0.4) is 0 Å². The van der Waals surface area contributed by atoms with Crippen LogP contribution in [0.15, 0.2) is 23.0 Å². The summed E-state index contributed by atoms with van der Waals surface area (Å²) >= 11 is 0. The van der Waals surface area contributed by atoms with E-state index in [0.29, 0.717) is 29.2 Å². The second kappa shape index (κ2) is 5.91. The lowest BCUT2D eigenvalue weighted by atomic mass is 9.87. The van der Waals surface area contributed by atoms with Gasteiger partial charge in [-0.25, -0.2) is 9.97 Å². The minimum absolute atomic E-state index is 0.377. The first-order valence-electron chi connectivity index (χ1n) is 7.98. The summed E-state index contributed by atoms with van der Waals surface area (Å²) in [6.45, 7) is 1.93. The SMILES string of the molecule is Cc1cnc(-c2noc(-c3cc(C4CCCCC4)[nH]n3)n2)nc1. The van der Waals surface area contributed by atoms with Gasteiger partial charge in [0.25, 0.3) is 5.89 Å². The molecule has 1 aliphatic rings. The van der Waals surface area contributed by atoms with Gasteiger partial charge in [-0.05, 0) is 31.4 Å². The van der Waals surface area contributed by atoms with E-state index in [4.69, 9.17) is 4.52 Å². The summed E-state index contributed by atoms with van der Waals surface area (Å²) in [7, 11) is 0. The van der Waals surface area contributed by atoms with Gasteiger partial charge in [0, 0.05) is 24.0 Å². The van der Waals surface area contributed by atoms with Gasteiger partial charge in [-0.1, -0.05) is 24.4 Å². The standard InChI is InChI=1S/C16H18N6O/c1-10-8-17-14(18-9-10)15-19-16(23-22-15)13-7-12(20-21-13)11-5-3-2-4-6-11/h7-9,11H,2-6H2,1H3,(H,20,21). The predicted molar refractivity (Wildman–Crippen MR) is 83.5 cm³/mol. The van der Waals surface area contributed by atoms with Crippen molar-refractivity contribution < 1.29 is 4.52 Å². The van der Waals surface area contributed by atoms with Crippen LogP contribution < -0.4 is 0 Å². The molecule has 0 amide bonds. The van der Waals surface area contributed by atoms with Crippen molar-refractivity contribution in [3.8, 4) is 23.2 Å². The highest BCUT2D eigenvalue weighted by molar-refractivity contribution is 5.52. The van der Waals surface area contributed by atoms with Gasteiger partial charge < -0.3 is 4.52 Å². The molecule has 4 rings (SSSR count). The Kier molecular flexibility index (Phi) is 3.61. The number of nitrogens with one attached hydrogen (secondary N) is 1. The summed E-state index contributed by atoms with van der Waals surface area (Å²) in [4.78, 5) is 12.8. The van der Waals surface area contributed by atoms with Crippen molar-refractivity contribution in [2.75, 3.05) is 0 Å². The summed E-state index contributed by atoms with van der Waals surface area (Å²) in [5.41, 5.74) is 2.82. The van der Waals surface area contributed by atoms with Crippen LogP contribution in [-0.2, 0) is 0 Å². The van der Waals surface area contributed by atoms with Gasteiger partial charge in [0.05, 0.1) is 0 Å². The zero-order valence-electron chi connectivity index (χ0n) is 13.0. The second-order valence-electron chi connectivity index (χ2n) is 6.05. The molecule has 0 spiro atoms. The molecule has 0 atom stereocenters. The Morgan fingerprint density at radius 1 is 1.09 bits per heavy atom. The van der Waals surface area contributed by atoms with E-state index in [1.807, 2.05) is 13.0 Å². The highest BCUT2D eigenvalue weighted by Crippen LogP contribution is 2.33. The lowest BCUT2D eigenvalue weighted by Crippen LogP contribution is -2.04. The van der Waals surface area contributed by atoms with E-state index in [0.717, 1.165) is 11.3 Å². The van der Waals surface area contributed by atoms with Gasteiger partial charge in [0.15, 0.2) is 5.69 Å². The molecule has 1 saturated carbocycles. The quantitative estimate of drug-likeness (QED) is 0.798. The molecule has 0 aliphatic heterocycles. The fourth-order valence-electron chi connectivity index (χ4n) is 3.00. The number of H-pyrrole nitrogens is 1. The highest BCUT2D eigenvalue weighted by atomic mass is 16.5. The van der Waals surface area contributed by atoms with Crippen LogP contribution in [0.25, 0.3) is 23.2 Å². The Hall–Kier alpha value is -2.57. The molecule has 23 heavy (non-hydrogen) atoms. The molecule has 0 bridgehead atoms. The van der Waals surface area contributed by atoms with Gasteiger partial charge in [-0.15, -0.1) is 0 Å². The molecular weight excluding hydrogens is 292 g/mol. The molecule has 7 nitrogen and oxygen atoms in total. The summed E-state index contributed by atoms with van der Waals surface area (Å²) in [6, 6.07) is 2.02. The minimum atomic E-state index is 0.377. The summed E-state index contributed by atoms with van der Waals surface area (Å²) in [6.07, 6.45) is 9.80. The molecule has 1 fully saturated rings. The topological polar surface area (TPSA) is 93.4 Å². The zero-order chi connectivity index (χ0) is 15.6. The van der Waals surface area contributed by atoms with E-state index in [1.54, 1.807) is 12.4 Å². The van der Waals surface area contributed by atoms with Crippen molar-refractivity contribution in [2.24, 2.45) is 0 Å². The smallest absolute Gasteiger partial charge is 0.278 e. The maximum atomic E-state index is 5.31. The molecule has 0 unspecified atom stereocenters. The fraction of sp³-hybridized carbons (Fsp3) is 0.438. The Bertz CT molecular complexity index is 785. The number of hydrogen-bond donors (Lipinski definition) is 1. The second-order valence-corrected chi connectivity index (χ2v) is 6.05. The van der Waals surface area contributed by atoms with Crippen molar-refractivity contribution in [3.63, 3.8) is 0 Å². The number of rotatable bonds is 3. The number of hydrogen-bond acceptors (Lipinski definition) is 6. The van der Waals surface area contributed by atoms with Crippen LogP contribution in [0.1, 0.15) is 49.3 Å². The van der Waals surface area contributed by atoms with Gasteiger partial charge >= 0.3 is 0 Å². The molecule has 0 aromatic carbocycles. The van der Waals surface area contributed by atoms with E-state index >= 15 is 0 Å². The monoisotopic (exact) mass is 310 g/mol. The fourth-order valence-corrected chi connectivity index (χ4v) is 3.00. The predicted octanol–water partition coefficient (Wildman–Crippen LogP) is 3.27. The molecule has 0 radical (unpaired) electrons. The number of nitrogens with zero attached hydrogens (tertiary/aromatic N) is 5. The third-order valence-corrected chi connectivity index (χ3v) is 4.27. The number of aryl methyl sites for hydroxylation is 1. The van der Waals surface area contributed by atoms with Crippen molar-refractivity contribution in [1.29, 1.82) is 0 Å². The molecular formula is C16H18N6O. The Morgan fingerprint density at radius 3 is 2.65 bits per heavy atom. The Labute approximate surface area is 133 Å². The molecule has 3 aromatic rings. The van der Waals surface area contributed by atoms with Gasteiger partial charge in [0.2, 0.25) is 11.6 Å². The summed E-state index contributed by atoms with van der Waals surface area (Å²) in [5, 5.41) is 11.4. The van der Waals surface area contributed by atoms with E-state index in [1.165, 1.54) is 32.1 Å². The van der Waals surface area contributed by atoms with Crippen LogP contribution in [0.2, 0.25) is 0 Å². The average molecular weight is 310 g/mol. The van der Waals surface area contributed by atoms with Crippen molar-refractivity contribution >= 4 is 0 Å². The summed E-state index contributed by atoms with van der Waals surface area (Å²) in [5.74, 6) is 1.78. The van der Waals surface area contributed by atoms with Gasteiger partial charge in [0.1, 0.15) is 0 Å². The first-order chi connectivity index (χ1) is 11.3. The van der Waals surface area contributed by atoms with Crippen LogP contribution >= 0.6 is 0 Å². The largest absolute Gasteiger partial charge is 0.332 e. The molecule has 0 saturated heterocycles. The number of aromatic nitrogens is 6. The summed E-state index contributed by atoms with van der Waals surface area (Å²) < 4.78 is 5.31. The number of aromatic amines is 1. The average Bonchev–Trinajstić information content (AvgIpc) is 3.26. The van der Waals surface area contributed by atoms with Crippen LogP contribution in [0.5, 0.6) is 0 Å². The minimum Gasteiger partial charge on any atom is -0.332 e. The molecule has 118 valence electrons. The van der Waals surface area contributed by atoms with E-state index in [9.17, 15) is 0 Å². The molecule has 1 aliphatic carbocycles. The molecule has 1 N–H and O–H groups in total. The normalized spacial score (nSPS) is 15.9. The van der Waals surface area contributed by atoms with Crippen molar-refractivity contribution in [2.45, 2.75) is 44.9 Å². The zero-order valence-corrected chi connectivity index (χ0v) is 13.0. The first-order valence-corrected chi connectivity index (χ1v) is 7.98. The Morgan fingerprint density at radius 2 is 1.87 bits per heavy atom. The van der Waals surface area contributed by atoms with E-state index in [-0.39, 0.29) is 0 Å².